The van der Waals surface area contributed by atoms with E-state index in [2.05, 4.69) is 219 Å². The molecule has 0 amide bonds. The molecule has 2 aromatic heterocycles. The van der Waals surface area contributed by atoms with Gasteiger partial charge in [0.15, 0.2) is 0 Å². The van der Waals surface area contributed by atoms with Crippen LogP contribution in [0, 0.1) is 0 Å². The lowest BCUT2D eigenvalue weighted by Gasteiger charge is -2.28. The summed E-state index contributed by atoms with van der Waals surface area (Å²) in [6, 6.07) is 55.9. The van der Waals surface area contributed by atoms with E-state index >= 15 is 0 Å². The lowest BCUT2D eigenvalue weighted by Crippen LogP contribution is -2.17. The number of phenolic OH excluding ortho intramolecular Hbond substituents is 1. The van der Waals surface area contributed by atoms with Crippen LogP contribution < -0.4 is 4.90 Å². The monoisotopic (exact) mass is 799 g/mol. The first-order valence-corrected chi connectivity index (χ1v) is 21.4. The van der Waals surface area contributed by atoms with Gasteiger partial charge in [-0.25, -0.2) is 9.97 Å². The number of benzene rings is 6. The Bertz CT molecular complexity index is 2830. The molecule has 0 saturated heterocycles. The molecule has 4 nitrogen and oxygen atoms in total. The number of rotatable bonds is 8. The molecule has 0 aliphatic heterocycles. The molecule has 0 aliphatic carbocycles. The summed E-state index contributed by atoms with van der Waals surface area (Å²) < 4.78 is 0. The van der Waals surface area contributed by atoms with Gasteiger partial charge in [-0.3, -0.25) is 4.90 Å². The van der Waals surface area contributed by atoms with Crippen LogP contribution in [0.15, 0.2) is 164 Å². The Labute approximate surface area is 362 Å². The molecule has 0 unspecified atom stereocenters. The van der Waals surface area contributed by atoms with E-state index in [1.807, 2.05) is 12.3 Å². The summed E-state index contributed by atoms with van der Waals surface area (Å²) in [7, 11) is 0. The molecule has 0 fully saturated rings. The number of nitrogens with zero attached hydrogens (tertiary/aromatic N) is 3. The number of para-hydroxylation sites is 1. The van der Waals surface area contributed by atoms with Gasteiger partial charge in [0.25, 0.3) is 0 Å². The molecule has 0 aliphatic rings. The first-order valence-electron chi connectivity index (χ1n) is 21.4. The van der Waals surface area contributed by atoms with E-state index in [9.17, 15) is 5.11 Å². The normalized spacial score (nSPS) is 12.1. The Kier molecular flexibility index (Phi) is 10.9. The van der Waals surface area contributed by atoms with E-state index in [0.29, 0.717) is 0 Å². The Balaban J connectivity index is 1.34. The summed E-state index contributed by atoms with van der Waals surface area (Å²) in [5.74, 6) is 1.12. The first kappa shape index (κ1) is 41.2. The van der Waals surface area contributed by atoms with Crippen molar-refractivity contribution in [1.82, 2.24) is 9.97 Å². The Morgan fingerprint density at radius 1 is 0.508 bits per heavy atom. The predicted octanol–water partition coefficient (Wildman–Crippen LogP) is 15.3. The maximum Gasteiger partial charge on any atom is 0.137 e. The molecule has 8 rings (SSSR count). The smallest absolute Gasteiger partial charge is 0.137 e. The minimum Gasteiger partial charge on any atom is -0.507 e. The van der Waals surface area contributed by atoms with Gasteiger partial charge < -0.3 is 5.11 Å². The van der Waals surface area contributed by atoms with E-state index < -0.39 is 0 Å². The lowest BCUT2D eigenvalue weighted by atomic mass is 9.78. The van der Waals surface area contributed by atoms with Crippen molar-refractivity contribution in [3.05, 3.63) is 192 Å². The van der Waals surface area contributed by atoms with Gasteiger partial charge >= 0.3 is 0 Å². The van der Waals surface area contributed by atoms with Crippen molar-refractivity contribution >= 4 is 28.0 Å². The van der Waals surface area contributed by atoms with Crippen LogP contribution in [0.1, 0.15) is 90.1 Å². The Hall–Kier alpha value is -6.52. The largest absolute Gasteiger partial charge is 0.507 e. The minimum atomic E-state index is -0.281. The van der Waals surface area contributed by atoms with Crippen molar-refractivity contribution in [3.8, 4) is 39.4 Å². The van der Waals surface area contributed by atoms with E-state index in [-0.39, 0.29) is 22.0 Å². The molecule has 4 heteroatoms. The van der Waals surface area contributed by atoms with Gasteiger partial charge in [-0.15, -0.1) is 0 Å². The summed E-state index contributed by atoms with van der Waals surface area (Å²) in [6.07, 6.45) is 2.72. The summed E-state index contributed by atoms with van der Waals surface area (Å²) in [5, 5.41) is 14.6. The molecule has 0 atom stereocenters. The molecule has 0 saturated carbocycles. The Morgan fingerprint density at radius 2 is 1.15 bits per heavy atom. The van der Waals surface area contributed by atoms with Crippen LogP contribution in [0.25, 0.3) is 44.4 Å². The molecule has 0 spiro atoms. The highest BCUT2D eigenvalue weighted by molar-refractivity contribution is 5.86. The van der Waals surface area contributed by atoms with Crippen LogP contribution in [0.2, 0.25) is 0 Å². The molecule has 2 heterocycles. The van der Waals surface area contributed by atoms with Gasteiger partial charge in [-0.1, -0.05) is 159 Å². The zero-order valence-corrected chi connectivity index (χ0v) is 37.1. The van der Waals surface area contributed by atoms with Crippen LogP contribution >= 0.6 is 0 Å². The number of aromatic nitrogens is 2. The number of anilines is 3. The van der Waals surface area contributed by atoms with Gasteiger partial charge in [-0.2, -0.15) is 0 Å². The number of fused-ring (bicyclic) bond motifs is 1. The number of hydrogen-bond donors (Lipinski definition) is 1. The zero-order valence-electron chi connectivity index (χ0n) is 37.1. The molecule has 0 radical (unpaired) electrons. The summed E-state index contributed by atoms with van der Waals surface area (Å²) >= 11 is 0. The summed E-state index contributed by atoms with van der Waals surface area (Å²) in [4.78, 5) is 12.8. The number of phenols is 1. The highest BCUT2D eigenvalue weighted by atomic mass is 16.3. The van der Waals surface area contributed by atoms with Crippen molar-refractivity contribution < 1.29 is 5.11 Å². The molecule has 0 bridgehead atoms. The fourth-order valence-electron chi connectivity index (χ4n) is 8.12. The number of pyridine rings is 2. The van der Waals surface area contributed by atoms with Crippen molar-refractivity contribution in [2.75, 3.05) is 4.90 Å². The second-order valence-corrected chi connectivity index (χ2v) is 19.4. The predicted molar refractivity (Wildman–Crippen MR) is 258 cm³/mol. The quantitative estimate of drug-likeness (QED) is 0.166. The SMILES string of the molecule is CC(C)(C)c1cc(-c2cc(-c3ccccc3)cc(-c3cc(C(C)(C)C)cc(C(C)(C)C)c3O)n2)cc(N(c2ccccc2)c2cc(Cc3cccc4ccccc34)ccn2)c1. The van der Waals surface area contributed by atoms with Gasteiger partial charge in [0.05, 0.1) is 11.4 Å². The maximum absolute atomic E-state index is 12.1. The second-order valence-electron chi connectivity index (χ2n) is 19.4. The third-order valence-corrected chi connectivity index (χ3v) is 11.7. The molecule has 1 N–H and O–H groups in total. The number of aromatic hydroxyl groups is 1. The van der Waals surface area contributed by atoms with Gasteiger partial charge in [0.1, 0.15) is 11.6 Å². The fraction of sp³-hybridized carbons (Fsp3) is 0.228. The molecule has 306 valence electrons. The number of hydrogen-bond acceptors (Lipinski definition) is 4. The molecular weight excluding hydrogens is 743 g/mol. The molecule has 6 aromatic carbocycles. The third-order valence-electron chi connectivity index (χ3n) is 11.7. The lowest BCUT2D eigenvalue weighted by molar-refractivity contribution is 0.446. The Morgan fingerprint density at radius 3 is 1.85 bits per heavy atom. The molecular formula is C57H57N3O. The van der Waals surface area contributed by atoms with E-state index in [4.69, 9.17) is 9.97 Å². The standard InChI is InChI=1S/C57H57N3O/c1-55(2,3)44-31-43(51-33-42(39-19-12-10-13-20-39)34-52(59-51)49-36-45(56(4,5)6)37-50(54(49)61)57(7,8)9)32-47(35-44)60(46-24-14-11-15-25-46)53-30-38(27-28-58-53)29-41-23-18-22-40-21-16-17-26-48(40)41/h10-28,30-37,61H,29H2,1-9H3. The third kappa shape index (κ3) is 8.86. The topological polar surface area (TPSA) is 49.3 Å². The fourth-order valence-corrected chi connectivity index (χ4v) is 8.12. The van der Waals surface area contributed by atoms with E-state index in [0.717, 1.165) is 68.4 Å². The summed E-state index contributed by atoms with van der Waals surface area (Å²) in [5.41, 5.74) is 12.5. The van der Waals surface area contributed by atoms with Crippen LogP contribution in [-0.2, 0) is 22.7 Å². The average Bonchev–Trinajstić information content (AvgIpc) is 3.23. The van der Waals surface area contributed by atoms with Gasteiger partial charge in [0.2, 0.25) is 0 Å². The second kappa shape index (κ2) is 16.2. The van der Waals surface area contributed by atoms with Crippen LogP contribution in [0.4, 0.5) is 17.2 Å². The van der Waals surface area contributed by atoms with Crippen LogP contribution in [0.5, 0.6) is 5.75 Å². The van der Waals surface area contributed by atoms with Crippen molar-refractivity contribution in [1.29, 1.82) is 0 Å². The highest BCUT2D eigenvalue weighted by Crippen LogP contribution is 2.44. The van der Waals surface area contributed by atoms with Crippen molar-refractivity contribution in [3.63, 3.8) is 0 Å². The molecule has 61 heavy (non-hydrogen) atoms. The van der Waals surface area contributed by atoms with Gasteiger partial charge in [0, 0.05) is 34.3 Å². The minimum absolute atomic E-state index is 0.140. The maximum atomic E-state index is 12.1. The van der Waals surface area contributed by atoms with Gasteiger partial charge in [-0.05, 0) is 127 Å². The summed E-state index contributed by atoms with van der Waals surface area (Å²) in [6.45, 7) is 19.9. The molecule has 8 aromatic rings. The van der Waals surface area contributed by atoms with Crippen LogP contribution in [0.3, 0.4) is 0 Å². The highest BCUT2D eigenvalue weighted by Gasteiger charge is 2.27. The average molecular weight is 800 g/mol. The van der Waals surface area contributed by atoms with Crippen molar-refractivity contribution in [2.24, 2.45) is 0 Å². The van der Waals surface area contributed by atoms with E-state index in [1.165, 1.54) is 27.5 Å². The zero-order chi connectivity index (χ0) is 43.1. The van der Waals surface area contributed by atoms with Crippen LogP contribution in [-0.4, -0.2) is 15.1 Å². The van der Waals surface area contributed by atoms with E-state index in [1.54, 1.807) is 0 Å². The van der Waals surface area contributed by atoms with Crippen molar-refractivity contribution in [2.45, 2.75) is 85.0 Å². The first-order chi connectivity index (χ1) is 29.0.